The van der Waals surface area contributed by atoms with Gasteiger partial charge in [-0.25, -0.2) is 9.97 Å². The van der Waals surface area contributed by atoms with Gasteiger partial charge in [-0.3, -0.25) is 4.79 Å². The topological polar surface area (TPSA) is 74.3 Å². The van der Waals surface area contributed by atoms with Crippen molar-refractivity contribution in [3.63, 3.8) is 0 Å². The lowest BCUT2D eigenvalue weighted by atomic mass is 10.0. The molecule has 168 valence electrons. The zero-order chi connectivity index (χ0) is 23.4. The Balaban J connectivity index is 1.65. The quantitative estimate of drug-likeness (QED) is 0.431. The van der Waals surface area contributed by atoms with E-state index in [1.807, 2.05) is 73.9 Å². The zero-order valence-corrected chi connectivity index (χ0v) is 19.2. The molecule has 0 bridgehead atoms. The summed E-state index contributed by atoms with van der Waals surface area (Å²) in [7, 11) is 7.32. The van der Waals surface area contributed by atoms with Crippen molar-refractivity contribution in [3.05, 3.63) is 73.2 Å². The number of anilines is 1. The SMILES string of the molecule is COc1cc(-c2c[nH]c3ncc(-c4cccc(N(C)C(=O)/C=C/CN(C)C)c4)cc23)ccn1. The van der Waals surface area contributed by atoms with E-state index in [1.54, 1.807) is 31.3 Å². The summed E-state index contributed by atoms with van der Waals surface area (Å²) in [5.41, 5.74) is 5.60. The fourth-order valence-corrected chi connectivity index (χ4v) is 3.59. The Morgan fingerprint density at radius 3 is 2.70 bits per heavy atom. The summed E-state index contributed by atoms with van der Waals surface area (Å²) in [6.07, 6.45) is 8.98. The molecule has 0 fully saturated rings. The van der Waals surface area contributed by atoms with Gasteiger partial charge >= 0.3 is 0 Å². The largest absolute Gasteiger partial charge is 0.481 e. The summed E-state index contributed by atoms with van der Waals surface area (Å²) in [5.74, 6) is 0.494. The van der Waals surface area contributed by atoms with Crippen LogP contribution in [0.25, 0.3) is 33.3 Å². The van der Waals surface area contributed by atoms with Crippen molar-refractivity contribution in [1.82, 2.24) is 19.9 Å². The lowest BCUT2D eigenvalue weighted by Crippen LogP contribution is -2.24. The Bertz CT molecular complexity index is 1310. The molecule has 0 aliphatic rings. The molecule has 33 heavy (non-hydrogen) atoms. The van der Waals surface area contributed by atoms with E-state index in [0.717, 1.165) is 39.0 Å². The minimum atomic E-state index is -0.0675. The van der Waals surface area contributed by atoms with E-state index in [1.165, 1.54) is 0 Å². The Morgan fingerprint density at radius 2 is 1.91 bits per heavy atom. The molecule has 0 radical (unpaired) electrons. The van der Waals surface area contributed by atoms with Crippen molar-refractivity contribution in [2.24, 2.45) is 0 Å². The van der Waals surface area contributed by atoms with Crippen molar-refractivity contribution in [2.75, 3.05) is 39.7 Å². The van der Waals surface area contributed by atoms with Gasteiger partial charge in [-0.2, -0.15) is 0 Å². The maximum atomic E-state index is 12.6. The van der Waals surface area contributed by atoms with Crippen molar-refractivity contribution in [3.8, 4) is 28.1 Å². The highest BCUT2D eigenvalue weighted by atomic mass is 16.5. The Hall–Kier alpha value is -3.97. The number of carbonyl (C=O) groups is 1. The number of H-pyrrole nitrogens is 1. The smallest absolute Gasteiger partial charge is 0.250 e. The van der Waals surface area contributed by atoms with Crippen LogP contribution >= 0.6 is 0 Å². The minimum Gasteiger partial charge on any atom is -0.481 e. The second-order valence-electron chi connectivity index (χ2n) is 8.02. The molecule has 4 rings (SSSR count). The summed E-state index contributed by atoms with van der Waals surface area (Å²) in [6, 6.07) is 13.9. The van der Waals surface area contributed by atoms with Gasteiger partial charge < -0.3 is 19.5 Å². The predicted molar refractivity (Wildman–Crippen MR) is 132 cm³/mol. The molecule has 1 N–H and O–H groups in total. The van der Waals surface area contributed by atoms with Crippen LogP contribution in [0.1, 0.15) is 0 Å². The molecular formula is C26H27N5O2. The van der Waals surface area contributed by atoms with Crippen LogP contribution < -0.4 is 9.64 Å². The number of aromatic amines is 1. The summed E-state index contributed by atoms with van der Waals surface area (Å²) < 4.78 is 5.27. The number of hydrogen-bond donors (Lipinski definition) is 1. The van der Waals surface area contributed by atoms with Crippen LogP contribution in [0.15, 0.2) is 73.2 Å². The molecule has 0 spiro atoms. The van der Waals surface area contributed by atoms with Crippen LogP contribution in [-0.4, -0.2) is 60.6 Å². The molecule has 4 aromatic rings. The highest BCUT2D eigenvalue weighted by Gasteiger charge is 2.12. The second-order valence-corrected chi connectivity index (χ2v) is 8.02. The molecule has 3 heterocycles. The van der Waals surface area contributed by atoms with Gasteiger partial charge in [-0.15, -0.1) is 0 Å². The first-order valence-corrected chi connectivity index (χ1v) is 10.6. The van der Waals surface area contributed by atoms with Crippen molar-refractivity contribution in [2.45, 2.75) is 0 Å². The number of likely N-dealkylation sites (N-methyl/N-ethyl adjacent to an activating group) is 2. The zero-order valence-electron chi connectivity index (χ0n) is 19.2. The summed E-state index contributed by atoms with van der Waals surface area (Å²) in [4.78, 5) is 28.3. The average Bonchev–Trinajstić information content (AvgIpc) is 3.26. The van der Waals surface area contributed by atoms with Crippen molar-refractivity contribution in [1.29, 1.82) is 0 Å². The number of nitrogens with zero attached hydrogens (tertiary/aromatic N) is 4. The molecule has 3 aromatic heterocycles. The van der Waals surface area contributed by atoms with Gasteiger partial charge in [-0.05, 0) is 49.5 Å². The molecular weight excluding hydrogens is 414 g/mol. The second kappa shape index (κ2) is 9.67. The monoisotopic (exact) mass is 441 g/mol. The highest BCUT2D eigenvalue weighted by molar-refractivity contribution is 6.01. The van der Waals surface area contributed by atoms with Gasteiger partial charge in [-0.1, -0.05) is 18.2 Å². The number of pyridine rings is 2. The molecule has 0 unspecified atom stereocenters. The van der Waals surface area contributed by atoms with Crippen LogP contribution in [0, 0.1) is 0 Å². The number of nitrogens with one attached hydrogen (secondary N) is 1. The van der Waals surface area contributed by atoms with Crippen LogP contribution in [0.3, 0.4) is 0 Å². The maximum Gasteiger partial charge on any atom is 0.250 e. The highest BCUT2D eigenvalue weighted by Crippen LogP contribution is 2.32. The van der Waals surface area contributed by atoms with Crippen LogP contribution in [0.5, 0.6) is 5.88 Å². The predicted octanol–water partition coefficient (Wildman–Crippen LogP) is 4.38. The van der Waals surface area contributed by atoms with Crippen molar-refractivity contribution >= 4 is 22.6 Å². The maximum absolute atomic E-state index is 12.6. The number of ether oxygens (including phenoxy) is 1. The summed E-state index contributed by atoms with van der Waals surface area (Å²) in [5, 5.41) is 1.00. The molecule has 1 aromatic carbocycles. The number of amides is 1. The van der Waals surface area contributed by atoms with Gasteiger partial charge in [0.05, 0.1) is 7.11 Å². The first kappa shape index (κ1) is 22.2. The number of methoxy groups -OCH3 is 1. The van der Waals surface area contributed by atoms with Gasteiger partial charge in [0, 0.05) is 66.5 Å². The van der Waals surface area contributed by atoms with E-state index in [4.69, 9.17) is 4.74 Å². The van der Waals surface area contributed by atoms with Gasteiger partial charge in [0.25, 0.3) is 0 Å². The van der Waals surface area contributed by atoms with E-state index in [0.29, 0.717) is 12.4 Å². The Kier molecular flexibility index (Phi) is 6.51. The Labute approximate surface area is 193 Å². The standard InChI is InChI=1S/C26H27N5O2/c1-30(2)12-6-9-25(32)31(3)21-8-5-7-18(13-21)20-14-22-23(17-29-26(22)28-16-20)19-10-11-27-24(15-19)33-4/h5-11,13-17H,12H2,1-4H3,(H,28,29)/b9-6+. The third-order valence-electron chi connectivity index (χ3n) is 5.41. The van der Waals surface area contributed by atoms with E-state index in [-0.39, 0.29) is 5.91 Å². The fourth-order valence-electron chi connectivity index (χ4n) is 3.59. The van der Waals surface area contributed by atoms with Crippen molar-refractivity contribution < 1.29 is 9.53 Å². The van der Waals surface area contributed by atoms with Crippen LogP contribution in [-0.2, 0) is 4.79 Å². The molecule has 0 atom stereocenters. The number of rotatable bonds is 7. The molecule has 1 amide bonds. The van der Waals surface area contributed by atoms with E-state index >= 15 is 0 Å². The first-order valence-electron chi connectivity index (χ1n) is 10.6. The molecule has 0 saturated carbocycles. The van der Waals surface area contributed by atoms with Crippen LogP contribution in [0.2, 0.25) is 0 Å². The number of benzene rings is 1. The summed E-state index contributed by atoms with van der Waals surface area (Å²) in [6.45, 7) is 0.716. The fraction of sp³-hybridized carbons (Fsp3) is 0.192. The third-order valence-corrected chi connectivity index (χ3v) is 5.41. The minimum absolute atomic E-state index is 0.0675. The molecule has 0 aliphatic heterocycles. The molecule has 7 heteroatoms. The third kappa shape index (κ3) is 4.94. The normalized spacial score (nSPS) is 11.4. The van der Waals surface area contributed by atoms with Crippen LogP contribution in [0.4, 0.5) is 5.69 Å². The average molecular weight is 442 g/mol. The lowest BCUT2D eigenvalue weighted by Gasteiger charge is -2.16. The molecule has 0 aliphatic carbocycles. The first-order chi connectivity index (χ1) is 16.0. The number of fused-ring (bicyclic) bond motifs is 1. The van der Waals surface area contributed by atoms with Gasteiger partial charge in [0.2, 0.25) is 11.8 Å². The summed E-state index contributed by atoms with van der Waals surface area (Å²) >= 11 is 0. The van der Waals surface area contributed by atoms with Gasteiger partial charge in [0.1, 0.15) is 5.65 Å². The van der Waals surface area contributed by atoms with E-state index < -0.39 is 0 Å². The van der Waals surface area contributed by atoms with Gasteiger partial charge in [0.15, 0.2) is 0 Å². The number of hydrogen-bond acceptors (Lipinski definition) is 5. The van der Waals surface area contributed by atoms with E-state index in [9.17, 15) is 4.79 Å². The molecule has 0 saturated heterocycles. The number of aromatic nitrogens is 3. The van der Waals surface area contributed by atoms with E-state index in [2.05, 4.69) is 21.0 Å². The number of carbonyl (C=O) groups excluding carboxylic acids is 1. The molecule has 7 nitrogen and oxygen atoms in total. The lowest BCUT2D eigenvalue weighted by molar-refractivity contribution is -0.113. The Morgan fingerprint density at radius 1 is 1.06 bits per heavy atom.